The average Bonchev–Trinajstić information content (AvgIpc) is 3.15. The number of alkyl halides is 3. The van der Waals surface area contributed by atoms with Crippen LogP contribution in [0.1, 0.15) is 67.5 Å². The Morgan fingerprint density at radius 1 is 1.16 bits per heavy atom. The number of nitrogens with zero attached hydrogens (tertiary/aromatic N) is 5. The summed E-state index contributed by atoms with van der Waals surface area (Å²) in [4.78, 5) is 27.3. The van der Waals surface area contributed by atoms with E-state index in [1.807, 2.05) is 32.7 Å². The largest absolute Gasteiger partial charge is 0.416 e. The van der Waals surface area contributed by atoms with Gasteiger partial charge in [-0.2, -0.15) is 13.2 Å². The van der Waals surface area contributed by atoms with Crippen LogP contribution in [0.25, 0.3) is 0 Å². The summed E-state index contributed by atoms with van der Waals surface area (Å²) in [5.74, 6) is -1.11. The summed E-state index contributed by atoms with van der Waals surface area (Å²) in [5.41, 5.74) is 0.477. The number of piperazine rings is 1. The standard InChI is InChI=1S/C26H33F4N5O2/c1-15(2)33(4)25(19(13-36)18-6-5-17(12-20(18)27)26(28,29)30)35-9-7-34(8-10-35)24-22-16(3)11-21(37)23(22)31-14-32-24/h5-6,12-16,19,21,25,37H,7-11H2,1-4H3/t16-,19?,21-,25?/m1/s1. The maximum absolute atomic E-state index is 14.9. The molecule has 4 atom stereocenters. The van der Waals surface area contributed by atoms with Gasteiger partial charge in [-0.1, -0.05) is 13.0 Å². The molecule has 7 nitrogen and oxygen atoms in total. The zero-order chi connectivity index (χ0) is 27.1. The van der Waals surface area contributed by atoms with Crippen molar-refractivity contribution in [2.24, 2.45) is 0 Å². The molecule has 2 aliphatic rings. The molecule has 0 radical (unpaired) electrons. The van der Waals surface area contributed by atoms with Crippen LogP contribution in [0, 0.1) is 5.82 Å². The van der Waals surface area contributed by atoms with Crippen molar-refractivity contribution in [2.45, 2.75) is 63.5 Å². The summed E-state index contributed by atoms with van der Waals surface area (Å²) in [7, 11) is 1.83. The van der Waals surface area contributed by atoms with Gasteiger partial charge in [0.2, 0.25) is 0 Å². The van der Waals surface area contributed by atoms with Gasteiger partial charge in [0.25, 0.3) is 0 Å². The first-order chi connectivity index (χ1) is 17.4. The highest BCUT2D eigenvalue weighted by atomic mass is 19.4. The molecule has 37 heavy (non-hydrogen) atoms. The Kier molecular flexibility index (Phi) is 7.87. The first kappa shape index (κ1) is 27.4. The van der Waals surface area contributed by atoms with E-state index in [4.69, 9.17) is 0 Å². The summed E-state index contributed by atoms with van der Waals surface area (Å²) < 4.78 is 54.2. The van der Waals surface area contributed by atoms with Crippen LogP contribution in [0.4, 0.5) is 23.4 Å². The van der Waals surface area contributed by atoms with E-state index >= 15 is 0 Å². The Bertz CT molecular complexity index is 1120. The molecule has 1 saturated heterocycles. The lowest BCUT2D eigenvalue weighted by molar-refractivity contribution is -0.137. The Hall–Kier alpha value is -2.63. The normalized spacial score (nSPS) is 22.4. The van der Waals surface area contributed by atoms with Gasteiger partial charge in [-0.25, -0.2) is 14.4 Å². The predicted octanol–water partition coefficient (Wildman–Crippen LogP) is 3.95. The van der Waals surface area contributed by atoms with E-state index in [0.29, 0.717) is 50.6 Å². The molecule has 202 valence electrons. The number of aromatic nitrogens is 2. The van der Waals surface area contributed by atoms with Crippen molar-refractivity contribution in [3.05, 3.63) is 52.7 Å². The number of carbonyl (C=O) groups excluding carboxylic acids is 1. The van der Waals surface area contributed by atoms with Crippen LogP contribution in [0.5, 0.6) is 0 Å². The maximum Gasteiger partial charge on any atom is 0.416 e. The van der Waals surface area contributed by atoms with E-state index < -0.39 is 35.7 Å². The van der Waals surface area contributed by atoms with Crippen molar-refractivity contribution in [1.82, 2.24) is 19.8 Å². The molecule has 2 unspecified atom stereocenters. The predicted molar refractivity (Wildman–Crippen MR) is 131 cm³/mol. The number of aldehydes is 1. The van der Waals surface area contributed by atoms with E-state index in [2.05, 4.69) is 19.8 Å². The minimum Gasteiger partial charge on any atom is -0.387 e. The lowest BCUT2D eigenvalue weighted by Crippen LogP contribution is -2.59. The van der Waals surface area contributed by atoms with Crippen LogP contribution < -0.4 is 4.90 Å². The molecule has 0 saturated carbocycles. The third kappa shape index (κ3) is 5.35. The second-order valence-electron chi connectivity index (χ2n) is 10.2. The smallest absolute Gasteiger partial charge is 0.387 e. The molecule has 2 heterocycles. The Morgan fingerprint density at radius 2 is 1.84 bits per heavy atom. The van der Waals surface area contributed by atoms with Crippen molar-refractivity contribution in [2.75, 3.05) is 38.1 Å². The summed E-state index contributed by atoms with van der Waals surface area (Å²) in [5, 5.41) is 10.3. The number of hydrogen-bond acceptors (Lipinski definition) is 7. The molecule has 1 aliphatic carbocycles. The van der Waals surface area contributed by atoms with E-state index in [1.54, 1.807) is 0 Å². The first-order valence-corrected chi connectivity index (χ1v) is 12.5. The summed E-state index contributed by atoms with van der Waals surface area (Å²) >= 11 is 0. The molecule has 0 bridgehead atoms. The molecule has 1 N–H and O–H groups in total. The Balaban J connectivity index is 1.59. The second-order valence-corrected chi connectivity index (χ2v) is 10.2. The summed E-state index contributed by atoms with van der Waals surface area (Å²) in [6.07, 6.45) is -3.14. The number of anilines is 1. The van der Waals surface area contributed by atoms with Gasteiger partial charge in [-0.3, -0.25) is 9.80 Å². The molecule has 0 amide bonds. The van der Waals surface area contributed by atoms with Crippen LogP contribution in [0.2, 0.25) is 0 Å². The molecule has 2 aromatic rings. The molecular weight excluding hydrogens is 490 g/mol. The van der Waals surface area contributed by atoms with E-state index in [9.17, 15) is 27.5 Å². The van der Waals surface area contributed by atoms with Gasteiger partial charge >= 0.3 is 6.18 Å². The van der Waals surface area contributed by atoms with Crippen LogP contribution in [0.3, 0.4) is 0 Å². The first-order valence-electron chi connectivity index (χ1n) is 12.5. The number of aliphatic hydroxyl groups is 1. The average molecular weight is 524 g/mol. The van der Waals surface area contributed by atoms with Crippen molar-refractivity contribution in [3.63, 3.8) is 0 Å². The number of rotatable bonds is 7. The maximum atomic E-state index is 14.9. The third-order valence-electron chi connectivity index (χ3n) is 7.65. The number of likely N-dealkylation sites (N-methyl/N-ethyl adjacent to an activating group) is 1. The van der Waals surface area contributed by atoms with Gasteiger partial charge in [0.15, 0.2) is 0 Å². The quantitative estimate of drug-likeness (QED) is 0.435. The van der Waals surface area contributed by atoms with Gasteiger partial charge in [-0.05, 0) is 45.4 Å². The van der Waals surface area contributed by atoms with Crippen LogP contribution >= 0.6 is 0 Å². The zero-order valence-electron chi connectivity index (χ0n) is 21.4. The molecule has 1 aliphatic heterocycles. The van der Waals surface area contributed by atoms with Gasteiger partial charge in [-0.15, -0.1) is 0 Å². The number of benzene rings is 1. The Morgan fingerprint density at radius 3 is 2.41 bits per heavy atom. The second kappa shape index (κ2) is 10.6. The summed E-state index contributed by atoms with van der Waals surface area (Å²) in [6, 6.07) is 2.35. The minimum absolute atomic E-state index is 0.00420. The lowest BCUT2D eigenvalue weighted by atomic mass is 9.93. The molecule has 11 heteroatoms. The van der Waals surface area contributed by atoms with Crippen molar-refractivity contribution >= 4 is 12.1 Å². The monoisotopic (exact) mass is 523 g/mol. The summed E-state index contributed by atoms with van der Waals surface area (Å²) in [6.45, 7) is 8.16. The van der Waals surface area contributed by atoms with Crippen molar-refractivity contribution in [1.29, 1.82) is 0 Å². The third-order valence-corrected chi connectivity index (χ3v) is 7.65. The van der Waals surface area contributed by atoms with E-state index in [0.717, 1.165) is 23.5 Å². The fourth-order valence-electron chi connectivity index (χ4n) is 5.47. The Labute approximate surface area is 214 Å². The van der Waals surface area contributed by atoms with E-state index in [-0.39, 0.29) is 17.5 Å². The number of hydrogen-bond donors (Lipinski definition) is 1. The van der Waals surface area contributed by atoms with Gasteiger partial charge in [0.1, 0.15) is 24.2 Å². The molecule has 1 fully saturated rings. The molecule has 0 spiro atoms. The van der Waals surface area contributed by atoms with Gasteiger partial charge in [0.05, 0.1) is 29.4 Å². The molecule has 1 aromatic heterocycles. The van der Waals surface area contributed by atoms with Gasteiger partial charge < -0.3 is 14.8 Å². The molecular formula is C26H33F4N5O2. The van der Waals surface area contributed by atoms with Crippen LogP contribution in [-0.4, -0.2) is 76.6 Å². The SMILES string of the molecule is CC(C)N(C)C(C(C=O)c1ccc(C(F)(F)F)cc1F)N1CCN(c2ncnc3c2[C@H](C)C[C@H]3O)CC1. The highest BCUT2D eigenvalue weighted by Crippen LogP contribution is 2.43. The molecule has 1 aromatic carbocycles. The van der Waals surface area contributed by atoms with Gasteiger partial charge in [0, 0.05) is 43.3 Å². The number of halogens is 4. The lowest BCUT2D eigenvalue weighted by Gasteiger charge is -2.46. The van der Waals surface area contributed by atoms with Crippen LogP contribution in [-0.2, 0) is 11.0 Å². The highest BCUT2D eigenvalue weighted by molar-refractivity contribution is 5.64. The molecule has 4 rings (SSSR count). The number of aliphatic hydroxyl groups excluding tert-OH is 1. The topological polar surface area (TPSA) is 72.8 Å². The fourth-order valence-corrected chi connectivity index (χ4v) is 5.47. The van der Waals surface area contributed by atoms with Crippen molar-refractivity contribution in [3.8, 4) is 0 Å². The highest BCUT2D eigenvalue weighted by Gasteiger charge is 2.39. The van der Waals surface area contributed by atoms with Crippen molar-refractivity contribution < 1.29 is 27.5 Å². The number of carbonyl (C=O) groups is 1. The number of fused-ring (bicyclic) bond motifs is 1. The zero-order valence-corrected chi connectivity index (χ0v) is 21.4. The fraction of sp³-hybridized carbons (Fsp3) is 0.577. The van der Waals surface area contributed by atoms with Crippen LogP contribution in [0.15, 0.2) is 24.5 Å². The van der Waals surface area contributed by atoms with E-state index in [1.165, 1.54) is 6.33 Å². The minimum atomic E-state index is -4.67.